The van der Waals surface area contributed by atoms with Crippen LogP contribution in [-0.2, 0) is 4.74 Å². The zero-order valence-corrected chi connectivity index (χ0v) is 14.5. The highest BCUT2D eigenvalue weighted by atomic mass is 35.5. The Labute approximate surface area is 141 Å². The third kappa shape index (κ3) is 5.25. The van der Waals surface area contributed by atoms with Gasteiger partial charge in [0.1, 0.15) is 5.82 Å². The molecule has 1 N–H and O–H groups in total. The van der Waals surface area contributed by atoms with E-state index in [4.69, 9.17) is 27.9 Å². The molecule has 2 rings (SSSR count). The van der Waals surface area contributed by atoms with Gasteiger partial charge in [0, 0.05) is 38.9 Å². The summed E-state index contributed by atoms with van der Waals surface area (Å²) in [4.78, 5) is 8.69. The number of ether oxygens (including phenoxy) is 1. The zero-order valence-electron chi connectivity index (χ0n) is 13.0. The zero-order chi connectivity index (χ0) is 16.1. The first-order valence-corrected chi connectivity index (χ1v) is 8.29. The van der Waals surface area contributed by atoms with Gasteiger partial charge in [-0.3, -0.25) is 4.90 Å². The maximum Gasteiger partial charge on any atom is 0.147 e. The van der Waals surface area contributed by atoms with Crippen LogP contribution in [0.3, 0.4) is 0 Å². The molecular formula is C15H23Cl2N3O2. The van der Waals surface area contributed by atoms with Gasteiger partial charge in [0.15, 0.2) is 0 Å². The third-order valence-electron chi connectivity index (χ3n) is 3.55. The van der Waals surface area contributed by atoms with Crippen LogP contribution in [0.4, 0.5) is 5.82 Å². The predicted octanol–water partition coefficient (Wildman–Crippen LogP) is 2.30. The maximum absolute atomic E-state index is 9.98. The Morgan fingerprint density at radius 3 is 2.55 bits per heavy atom. The highest BCUT2D eigenvalue weighted by molar-refractivity contribution is 6.36. The number of pyridine rings is 1. The minimum Gasteiger partial charge on any atom is -0.389 e. The highest BCUT2D eigenvalue weighted by Gasteiger charge is 2.21. The van der Waals surface area contributed by atoms with Crippen LogP contribution in [-0.4, -0.2) is 66.5 Å². The fraction of sp³-hybridized carbons (Fsp3) is 0.667. The number of piperazine rings is 1. The molecule has 1 saturated heterocycles. The van der Waals surface area contributed by atoms with Crippen molar-refractivity contribution in [2.45, 2.75) is 26.1 Å². The Morgan fingerprint density at radius 2 is 1.95 bits per heavy atom. The molecular weight excluding hydrogens is 325 g/mol. The molecule has 1 aromatic rings. The predicted molar refractivity (Wildman–Crippen MR) is 90.0 cm³/mol. The second-order valence-corrected chi connectivity index (χ2v) is 6.63. The van der Waals surface area contributed by atoms with Crippen molar-refractivity contribution in [3.63, 3.8) is 0 Å². The number of aliphatic hydroxyl groups is 1. The Bertz CT molecular complexity index is 480. The van der Waals surface area contributed by atoms with Crippen molar-refractivity contribution in [1.29, 1.82) is 0 Å². The van der Waals surface area contributed by atoms with Gasteiger partial charge in [-0.25, -0.2) is 4.98 Å². The first kappa shape index (κ1) is 17.8. The molecule has 1 aromatic heterocycles. The van der Waals surface area contributed by atoms with Crippen LogP contribution in [0.5, 0.6) is 0 Å². The molecule has 5 nitrogen and oxygen atoms in total. The lowest BCUT2D eigenvalue weighted by atomic mass is 10.2. The number of aliphatic hydroxyl groups excluding tert-OH is 1. The molecule has 22 heavy (non-hydrogen) atoms. The van der Waals surface area contributed by atoms with Crippen LogP contribution < -0.4 is 4.90 Å². The number of halogens is 2. The van der Waals surface area contributed by atoms with Crippen LogP contribution in [0.2, 0.25) is 10.0 Å². The van der Waals surface area contributed by atoms with Gasteiger partial charge in [-0.05, 0) is 19.9 Å². The van der Waals surface area contributed by atoms with Gasteiger partial charge in [-0.1, -0.05) is 23.2 Å². The number of hydrogen-bond donors (Lipinski definition) is 1. The van der Waals surface area contributed by atoms with E-state index >= 15 is 0 Å². The summed E-state index contributed by atoms with van der Waals surface area (Å²) in [6.45, 7) is 8.31. The number of nitrogens with zero attached hydrogens (tertiary/aromatic N) is 3. The molecule has 0 aromatic carbocycles. The molecule has 0 spiro atoms. The van der Waals surface area contributed by atoms with Gasteiger partial charge >= 0.3 is 0 Å². The summed E-state index contributed by atoms with van der Waals surface area (Å²) in [6.07, 6.45) is 1.30. The molecule has 0 amide bonds. The Hall–Kier alpha value is -0.590. The van der Waals surface area contributed by atoms with Crippen LogP contribution >= 0.6 is 23.2 Å². The topological polar surface area (TPSA) is 48.8 Å². The molecule has 1 unspecified atom stereocenters. The average molecular weight is 348 g/mol. The van der Waals surface area contributed by atoms with Crippen LogP contribution in [0.15, 0.2) is 12.3 Å². The van der Waals surface area contributed by atoms with E-state index in [2.05, 4.69) is 14.8 Å². The first-order valence-electron chi connectivity index (χ1n) is 7.53. The third-order valence-corrected chi connectivity index (χ3v) is 4.04. The van der Waals surface area contributed by atoms with Crippen molar-refractivity contribution in [3.05, 3.63) is 22.3 Å². The molecule has 7 heteroatoms. The van der Waals surface area contributed by atoms with Gasteiger partial charge in [-0.15, -0.1) is 0 Å². The summed E-state index contributed by atoms with van der Waals surface area (Å²) in [5, 5.41) is 11.1. The van der Waals surface area contributed by atoms with Crippen molar-refractivity contribution in [1.82, 2.24) is 9.88 Å². The summed E-state index contributed by atoms with van der Waals surface area (Å²) >= 11 is 12.1. The minimum atomic E-state index is -0.453. The largest absolute Gasteiger partial charge is 0.389 e. The van der Waals surface area contributed by atoms with Crippen LogP contribution in [0.1, 0.15) is 13.8 Å². The van der Waals surface area contributed by atoms with Gasteiger partial charge in [-0.2, -0.15) is 0 Å². The van der Waals surface area contributed by atoms with E-state index in [9.17, 15) is 5.11 Å². The van der Waals surface area contributed by atoms with E-state index in [1.165, 1.54) is 0 Å². The van der Waals surface area contributed by atoms with Crippen molar-refractivity contribution in [2.24, 2.45) is 0 Å². The SMILES string of the molecule is CC(C)OCC(O)CN1CCN(c2ncc(Cl)cc2Cl)CC1. The minimum absolute atomic E-state index is 0.143. The Morgan fingerprint density at radius 1 is 1.27 bits per heavy atom. The number of aromatic nitrogens is 1. The van der Waals surface area contributed by atoms with E-state index in [1.807, 2.05) is 13.8 Å². The summed E-state index contributed by atoms with van der Waals surface area (Å²) in [7, 11) is 0. The normalized spacial score (nSPS) is 18.0. The monoisotopic (exact) mass is 347 g/mol. The molecule has 1 fully saturated rings. The standard InChI is InChI=1S/C15H23Cl2N3O2/c1-11(2)22-10-13(21)9-19-3-5-20(6-4-19)15-14(17)7-12(16)8-18-15/h7-8,11,13,21H,3-6,9-10H2,1-2H3. The quantitative estimate of drug-likeness (QED) is 0.855. The first-order chi connectivity index (χ1) is 10.5. The lowest BCUT2D eigenvalue weighted by molar-refractivity contribution is -0.00900. The van der Waals surface area contributed by atoms with E-state index in [0.29, 0.717) is 23.2 Å². The fourth-order valence-corrected chi connectivity index (χ4v) is 2.94. The lowest BCUT2D eigenvalue weighted by Crippen LogP contribution is -2.49. The van der Waals surface area contributed by atoms with Crippen LogP contribution in [0.25, 0.3) is 0 Å². The molecule has 0 saturated carbocycles. The van der Waals surface area contributed by atoms with E-state index < -0.39 is 6.10 Å². The molecule has 1 atom stereocenters. The van der Waals surface area contributed by atoms with Gasteiger partial charge in [0.05, 0.1) is 28.9 Å². The van der Waals surface area contributed by atoms with Crippen molar-refractivity contribution in [2.75, 3.05) is 44.2 Å². The smallest absolute Gasteiger partial charge is 0.147 e. The highest BCUT2D eigenvalue weighted by Crippen LogP contribution is 2.26. The van der Waals surface area contributed by atoms with E-state index in [1.54, 1.807) is 12.3 Å². The molecule has 0 aliphatic carbocycles. The van der Waals surface area contributed by atoms with Crippen molar-refractivity contribution < 1.29 is 9.84 Å². The molecule has 1 aliphatic heterocycles. The maximum atomic E-state index is 9.98. The second-order valence-electron chi connectivity index (χ2n) is 5.78. The second kappa shape index (κ2) is 8.31. The Kier molecular flexibility index (Phi) is 6.71. The van der Waals surface area contributed by atoms with Gasteiger partial charge in [0.2, 0.25) is 0 Å². The molecule has 0 bridgehead atoms. The fourth-order valence-electron chi connectivity index (χ4n) is 2.44. The summed E-state index contributed by atoms with van der Waals surface area (Å²) in [5.74, 6) is 0.773. The summed E-state index contributed by atoms with van der Waals surface area (Å²) < 4.78 is 5.44. The van der Waals surface area contributed by atoms with Gasteiger partial charge in [0.25, 0.3) is 0 Å². The molecule has 1 aliphatic rings. The molecule has 2 heterocycles. The van der Waals surface area contributed by atoms with Crippen LogP contribution in [0, 0.1) is 0 Å². The van der Waals surface area contributed by atoms with Gasteiger partial charge < -0.3 is 14.7 Å². The van der Waals surface area contributed by atoms with Crippen molar-refractivity contribution in [3.8, 4) is 0 Å². The lowest BCUT2D eigenvalue weighted by Gasteiger charge is -2.36. The number of β-amino-alcohol motifs (C(OH)–C–C–N with tert-alkyl or cyclic N) is 1. The summed E-state index contributed by atoms with van der Waals surface area (Å²) in [5.41, 5.74) is 0. The van der Waals surface area contributed by atoms with E-state index in [0.717, 1.165) is 32.0 Å². The molecule has 0 radical (unpaired) electrons. The molecule has 124 valence electrons. The average Bonchev–Trinajstić information content (AvgIpc) is 2.46. The Balaban J connectivity index is 1.80. The summed E-state index contributed by atoms with van der Waals surface area (Å²) in [6, 6.07) is 1.71. The number of hydrogen-bond acceptors (Lipinski definition) is 5. The van der Waals surface area contributed by atoms with E-state index in [-0.39, 0.29) is 6.10 Å². The van der Waals surface area contributed by atoms with Crippen molar-refractivity contribution >= 4 is 29.0 Å². The number of rotatable bonds is 6. The number of anilines is 1.